The lowest BCUT2D eigenvalue weighted by Gasteiger charge is -2.27. The molecule has 0 aliphatic heterocycles. The Morgan fingerprint density at radius 3 is 2.71 bits per heavy atom. The molecule has 1 heterocycles. The molecule has 0 bridgehead atoms. The molecule has 1 aromatic carbocycles. The molecular weight excluding hydrogens is 230 g/mol. The highest BCUT2D eigenvalue weighted by Gasteiger charge is 2.24. The highest BCUT2D eigenvalue weighted by Crippen LogP contribution is 2.34. The lowest BCUT2D eigenvalue weighted by Crippen LogP contribution is -2.21. The number of halogens is 1. The molecule has 0 radical (unpaired) electrons. The van der Waals surface area contributed by atoms with Crippen LogP contribution in [0.4, 0.5) is 0 Å². The second-order valence-electron chi connectivity index (χ2n) is 5.24. The minimum Gasteiger partial charge on any atom is -0.256 e. The van der Waals surface area contributed by atoms with Crippen LogP contribution < -0.4 is 0 Å². The van der Waals surface area contributed by atoms with E-state index in [-0.39, 0.29) is 10.8 Å². The molecule has 0 N–H and O–H groups in total. The van der Waals surface area contributed by atoms with Crippen LogP contribution in [0, 0.1) is 0 Å². The fourth-order valence-corrected chi connectivity index (χ4v) is 2.89. The van der Waals surface area contributed by atoms with E-state index in [1.165, 1.54) is 10.9 Å². The number of benzene rings is 1. The second-order valence-corrected chi connectivity index (χ2v) is 5.99. The van der Waals surface area contributed by atoms with Crippen molar-refractivity contribution in [2.45, 2.75) is 38.0 Å². The van der Waals surface area contributed by atoms with Gasteiger partial charge in [-0.15, -0.1) is 11.6 Å². The van der Waals surface area contributed by atoms with Crippen LogP contribution in [-0.2, 0) is 5.41 Å². The van der Waals surface area contributed by atoms with Crippen LogP contribution in [0.2, 0.25) is 0 Å². The first-order valence-corrected chi connectivity index (χ1v) is 6.42. The van der Waals surface area contributed by atoms with Gasteiger partial charge in [-0.3, -0.25) is 4.98 Å². The van der Waals surface area contributed by atoms with E-state index in [1.807, 2.05) is 19.2 Å². The molecule has 0 saturated heterocycles. The summed E-state index contributed by atoms with van der Waals surface area (Å²) in [5.74, 6) is 0. The van der Waals surface area contributed by atoms with Gasteiger partial charge < -0.3 is 0 Å². The monoisotopic (exact) mass is 247 g/mol. The smallest absolute Gasteiger partial charge is 0.0704 e. The van der Waals surface area contributed by atoms with E-state index in [4.69, 9.17) is 11.6 Å². The zero-order valence-electron chi connectivity index (χ0n) is 10.6. The van der Waals surface area contributed by atoms with Gasteiger partial charge in [0.1, 0.15) is 0 Å². The quantitative estimate of drug-likeness (QED) is 0.727. The summed E-state index contributed by atoms with van der Waals surface area (Å²) in [7, 11) is 0. The summed E-state index contributed by atoms with van der Waals surface area (Å²) in [5, 5.41) is 1.41. The molecule has 0 aliphatic rings. The van der Waals surface area contributed by atoms with E-state index < -0.39 is 0 Å². The molecule has 2 heteroatoms. The zero-order chi connectivity index (χ0) is 12.5. The summed E-state index contributed by atoms with van der Waals surface area (Å²) in [5.41, 5.74) is 2.46. The largest absolute Gasteiger partial charge is 0.256 e. The lowest BCUT2D eigenvalue weighted by atomic mass is 9.79. The van der Waals surface area contributed by atoms with Gasteiger partial charge in [0.2, 0.25) is 0 Å². The molecule has 0 aliphatic carbocycles. The van der Waals surface area contributed by atoms with Gasteiger partial charge in [0, 0.05) is 17.0 Å². The summed E-state index contributed by atoms with van der Waals surface area (Å²) >= 11 is 6.15. The van der Waals surface area contributed by atoms with Crippen LogP contribution >= 0.6 is 11.6 Å². The van der Waals surface area contributed by atoms with Crippen molar-refractivity contribution < 1.29 is 0 Å². The third-order valence-corrected chi connectivity index (χ3v) is 3.32. The van der Waals surface area contributed by atoms with Crippen molar-refractivity contribution in [2.75, 3.05) is 0 Å². The van der Waals surface area contributed by atoms with Gasteiger partial charge in [-0.2, -0.15) is 0 Å². The molecule has 1 aromatic heterocycles. The number of fused-ring (bicyclic) bond motifs is 1. The Hall–Kier alpha value is -1.08. The van der Waals surface area contributed by atoms with Gasteiger partial charge in [-0.1, -0.05) is 32.0 Å². The van der Waals surface area contributed by atoms with E-state index >= 15 is 0 Å². The molecule has 1 unspecified atom stereocenters. The third kappa shape index (κ3) is 2.61. The summed E-state index contributed by atoms with van der Waals surface area (Å²) in [6.45, 7) is 6.54. The SMILES string of the molecule is CC(Cl)CC(C)(C)c1cccc2ncccc12. The Kier molecular flexibility index (Phi) is 3.39. The zero-order valence-corrected chi connectivity index (χ0v) is 11.3. The molecule has 1 atom stereocenters. The fourth-order valence-electron chi connectivity index (χ4n) is 2.51. The van der Waals surface area contributed by atoms with Crippen molar-refractivity contribution >= 4 is 22.5 Å². The Bertz CT molecular complexity index is 512. The van der Waals surface area contributed by atoms with Gasteiger partial charge >= 0.3 is 0 Å². The average molecular weight is 248 g/mol. The minimum absolute atomic E-state index is 0.0731. The number of pyridine rings is 1. The van der Waals surface area contributed by atoms with Crippen molar-refractivity contribution in [2.24, 2.45) is 0 Å². The maximum absolute atomic E-state index is 6.15. The van der Waals surface area contributed by atoms with Gasteiger partial charge in [0.15, 0.2) is 0 Å². The van der Waals surface area contributed by atoms with E-state index in [2.05, 4.69) is 43.1 Å². The number of rotatable bonds is 3. The van der Waals surface area contributed by atoms with Crippen LogP contribution in [0.1, 0.15) is 32.8 Å². The Morgan fingerprint density at radius 2 is 2.00 bits per heavy atom. The highest BCUT2D eigenvalue weighted by atomic mass is 35.5. The summed E-state index contributed by atoms with van der Waals surface area (Å²) in [4.78, 5) is 4.40. The molecule has 0 amide bonds. The maximum atomic E-state index is 6.15. The third-order valence-electron chi connectivity index (χ3n) is 3.17. The molecule has 0 fully saturated rings. The Morgan fingerprint density at radius 1 is 1.24 bits per heavy atom. The molecular formula is C15H18ClN. The number of alkyl halides is 1. The summed E-state index contributed by atoms with van der Waals surface area (Å²) in [6, 6.07) is 10.4. The standard InChI is InChI=1S/C15H18ClN/c1-11(16)10-15(2,3)13-7-4-8-14-12(13)6-5-9-17-14/h4-9,11H,10H2,1-3H3. The molecule has 2 aromatic rings. The van der Waals surface area contributed by atoms with E-state index in [9.17, 15) is 0 Å². The highest BCUT2D eigenvalue weighted by molar-refractivity contribution is 6.20. The van der Waals surface area contributed by atoms with E-state index in [0.717, 1.165) is 11.9 Å². The first kappa shape index (κ1) is 12.4. The van der Waals surface area contributed by atoms with E-state index in [0.29, 0.717) is 0 Å². The Balaban J connectivity index is 2.55. The Labute approximate surface area is 108 Å². The summed E-state index contributed by atoms with van der Waals surface area (Å²) in [6.07, 6.45) is 2.80. The van der Waals surface area contributed by atoms with Crippen LogP contribution in [0.3, 0.4) is 0 Å². The lowest BCUT2D eigenvalue weighted by molar-refractivity contribution is 0.480. The van der Waals surface area contributed by atoms with Gasteiger partial charge in [-0.05, 0) is 36.5 Å². The van der Waals surface area contributed by atoms with E-state index in [1.54, 1.807) is 0 Å². The van der Waals surface area contributed by atoms with Crippen LogP contribution in [-0.4, -0.2) is 10.4 Å². The predicted molar refractivity (Wildman–Crippen MR) is 74.7 cm³/mol. The number of hydrogen-bond acceptors (Lipinski definition) is 1. The van der Waals surface area contributed by atoms with Gasteiger partial charge in [0.25, 0.3) is 0 Å². The molecule has 0 spiro atoms. The van der Waals surface area contributed by atoms with Crippen molar-refractivity contribution in [3.63, 3.8) is 0 Å². The van der Waals surface area contributed by atoms with Crippen molar-refractivity contribution in [1.82, 2.24) is 4.98 Å². The van der Waals surface area contributed by atoms with Crippen LogP contribution in [0.5, 0.6) is 0 Å². The van der Waals surface area contributed by atoms with Crippen LogP contribution in [0.15, 0.2) is 36.5 Å². The minimum atomic E-state index is 0.0731. The molecule has 0 saturated carbocycles. The van der Waals surface area contributed by atoms with Gasteiger partial charge in [-0.25, -0.2) is 0 Å². The van der Waals surface area contributed by atoms with Crippen LogP contribution in [0.25, 0.3) is 10.9 Å². The predicted octanol–water partition coefficient (Wildman–Crippen LogP) is 4.53. The average Bonchev–Trinajstić information content (AvgIpc) is 2.26. The molecule has 17 heavy (non-hydrogen) atoms. The molecule has 90 valence electrons. The van der Waals surface area contributed by atoms with Crippen molar-refractivity contribution in [3.8, 4) is 0 Å². The second kappa shape index (κ2) is 4.66. The normalized spacial score (nSPS) is 13.9. The molecule has 2 rings (SSSR count). The number of aromatic nitrogens is 1. The number of hydrogen-bond donors (Lipinski definition) is 0. The molecule has 1 nitrogen and oxygen atoms in total. The summed E-state index contributed by atoms with van der Waals surface area (Å²) < 4.78 is 0. The van der Waals surface area contributed by atoms with Gasteiger partial charge in [0.05, 0.1) is 5.52 Å². The first-order valence-electron chi connectivity index (χ1n) is 5.99. The van der Waals surface area contributed by atoms with Crippen molar-refractivity contribution in [1.29, 1.82) is 0 Å². The number of nitrogens with zero attached hydrogens (tertiary/aromatic N) is 1. The fraction of sp³-hybridized carbons (Fsp3) is 0.400. The van der Waals surface area contributed by atoms with Crippen molar-refractivity contribution in [3.05, 3.63) is 42.1 Å². The topological polar surface area (TPSA) is 12.9 Å². The first-order chi connectivity index (χ1) is 8.00. The maximum Gasteiger partial charge on any atom is 0.0704 e.